The molecule has 0 radical (unpaired) electrons. The van der Waals surface area contributed by atoms with Gasteiger partial charge in [-0.25, -0.2) is 0 Å². The highest BCUT2D eigenvalue weighted by Crippen LogP contribution is 2.35. The van der Waals surface area contributed by atoms with Gasteiger partial charge in [-0.1, -0.05) is 11.6 Å². The van der Waals surface area contributed by atoms with Crippen molar-refractivity contribution in [2.24, 2.45) is 0 Å². The summed E-state index contributed by atoms with van der Waals surface area (Å²) in [4.78, 5) is 1.31. The standard InChI is InChI=1S/C13H18ClNOS/c1-9-12(5-6-16-9)17-13-4-3-11(14)7-10(13)8-15-2/h3-4,7,9,12,15H,5-6,8H2,1-2H3. The molecule has 2 nitrogen and oxygen atoms in total. The fourth-order valence-electron chi connectivity index (χ4n) is 2.02. The number of benzene rings is 1. The van der Waals surface area contributed by atoms with E-state index >= 15 is 0 Å². The second-order valence-electron chi connectivity index (χ2n) is 4.30. The molecule has 1 aliphatic heterocycles. The van der Waals surface area contributed by atoms with Crippen LogP contribution < -0.4 is 5.32 Å². The Balaban J connectivity index is 2.13. The van der Waals surface area contributed by atoms with E-state index in [1.807, 2.05) is 30.9 Å². The predicted octanol–water partition coefficient (Wildman–Crippen LogP) is 3.33. The van der Waals surface area contributed by atoms with E-state index in [2.05, 4.69) is 18.3 Å². The van der Waals surface area contributed by atoms with Crippen LogP contribution in [0.2, 0.25) is 5.02 Å². The quantitative estimate of drug-likeness (QED) is 0.908. The van der Waals surface area contributed by atoms with E-state index < -0.39 is 0 Å². The summed E-state index contributed by atoms with van der Waals surface area (Å²) in [6, 6.07) is 6.12. The summed E-state index contributed by atoms with van der Waals surface area (Å²) in [6.45, 7) is 3.89. The van der Waals surface area contributed by atoms with Gasteiger partial charge in [-0.3, -0.25) is 0 Å². The van der Waals surface area contributed by atoms with E-state index in [1.54, 1.807) is 0 Å². The van der Waals surface area contributed by atoms with Gasteiger partial charge in [0.2, 0.25) is 0 Å². The van der Waals surface area contributed by atoms with Gasteiger partial charge in [0.15, 0.2) is 0 Å². The molecule has 2 atom stereocenters. The van der Waals surface area contributed by atoms with Crippen molar-refractivity contribution in [1.29, 1.82) is 0 Å². The van der Waals surface area contributed by atoms with Crippen LogP contribution in [0.15, 0.2) is 23.1 Å². The van der Waals surface area contributed by atoms with Crippen molar-refractivity contribution < 1.29 is 4.74 Å². The Morgan fingerprint density at radius 2 is 2.35 bits per heavy atom. The minimum atomic E-state index is 0.345. The molecule has 17 heavy (non-hydrogen) atoms. The first-order valence-corrected chi connectivity index (χ1v) is 7.17. The zero-order valence-electron chi connectivity index (χ0n) is 10.2. The number of nitrogens with one attached hydrogen (secondary N) is 1. The molecule has 1 aliphatic rings. The number of hydrogen-bond donors (Lipinski definition) is 1. The van der Waals surface area contributed by atoms with E-state index in [4.69, 9.17) is 16.3 Å². The third-order valence-corrected chi connectivity index (χ3v) is 4.78. The molecule has 0 bridgehead atoms. The highest BCUT2D eigenvalue weighted by molar-refractivity contribution is 8.00. The van der Waals surface area contributed by atoms with Gasteiger partial charge < -0.3 is 10.1 Å². The van der Waals surface area contributed by atoms with Crippen LogP contribution in [0.25, 0.3) is 0 Å². The fraction of sp³-hybridized carbons (Fsp3) is 0.538. The van der Waals surface area contributed by atoms with Crippen molar-refractivity contribution in [2.45, 2.75) is 36.1 Å². The molecule has 1 aromatic carbocycles. The number of halogens is 1. The minimum absolute atomic E-state index is 0.345. The maximum absolute atomic E-state index is 6.04. The second kappa shape index (κ2) is 6.10. The molecule has 0 spiro atoms. The molecule has 0 saturated carbocycles. The highest BCUT2D eigenvalue weighted by atomic mass is 35.5. The zero-order valence-corrected chi connectivity index (χ0v) is 11.8. The van der Waals surface area contributed by atoms with Gasteiger partial charge in [0.1, 0.15) is 0 Å². The summed E-state index contributed by atoms with van der Waals surface area (Å²) in [5.41, 5.74) is 1.27. The predicted molar refractivity (Wildman–Crippen MR) is 73.9 cm³/mol. The summed E-state index contributed by atoms with van der Waals surface area (Å²) in [5.74, 6) is 0. The Morgan fingerprint density at radius 3 is 3.00 bits per heavy atom. The lowest BCUT2D eigenvalue weighted by atomic mass is 10.2. The molecule has 0 aliphatic carbocycles. The average molecular weight is 272 g/mol. The van der Waals surface area contributed by atoms with E-state index in [-0.39, 0.29) is 0 Å². The highest BCUT2D eigenvalue weighted by Gasteiger charge is 2.25. The van der Waals surface area contributed by atoms with Crippen LogP contribution in [0.4, 0.5) is 0 Å². The molecule has 1 fully saturated rings. The molecule has 1 saturated heterocycles. The number of hydrogen-bond acceptors (Lipinski definition) is 3. The third kappa shape index (κ3) is 3.38. The van der Waals surface area contributed by atoms with E-state index in [9.17, 15) is 0 Å². The lowest BCUT2D eigenvalue weighted by molar-refractivity contribution is 0.127. The summed E-state index contributed by atoms with van der Waals surface area (Å²) in [7, 11) is 1.96. The van der Waals surface area contributed by atoms with Gasteiger partial charge in [0.25, 0.3) is 0 Å². The molecule has 2 unspecified atom stereocenters. The average Bonchev–Trinajstić information content (AvgIpc) is 2.69. The van der Waals surface area contributed by atoms with Crippen LogP contribution in [-0.4, -0.2) is 25.0 Å². The largest absolute Gasteiger partial charge is 0.377 e. The Kier molecular flexibility index (Phi) is 4.74. The first-order valence-electron chi connectivity index (χ1n) is 5.92. The zero-order chi connectivity index (χ0) is 12.3. The van der Waals surface area contributed by atoms with Gasteiger partial charge in [-0.2, -0.15) is 0 Å². The second-order valence-corrected chi connectivity index (χ2v) is 6.02. The molecule has 0 aromatic heterocycles. The lowest BCUT2D eigenvalue weighted by Gasteiger charge is -2.16. The third-order valence-electron chi connectivity index (χ3n) is 2.97. The molecular formula is C13H18ClNOS. The molecule has 2 rings (SSSR count). The van der Waals surface area contributed by atoms with Gasteiger partial charge >= 0.3 is 0 Å². The SMILES string of the molecule is CNCc1cc(Cl)ccc1SC1CCOC1C. The lowest BCUT2D eigenvalue weighted by Crippen LogP contribution is -2.14. The van der Waals surface area contributed by atoms with Crippen LogP contribution in [0.3, 0.4) is 0 Å². The molecular weight excluding hydrogens is 254 g/mol. The monoisotopic (exact) mass is 271 g/mol. The molecule has 1 N–H and O–H groups in total. The number of thioether (sulfide) groups is 1. The van der Waals surface area contributed by atoms with E-state index in [0.717, 1.165) is 24.6 Å². The first-order chi connectivity index (χ1) is 8.20. The normalized spacial score (nSPS) is 24.2. The molecule has 4 heteroatoms. The van der Waals surface area contributed by atoms with Gasteiger partial charge in [-0.15, -0.1) is 11.8 Å². The smallest absolute Gasteiger partial charge is 0.0669 e. The maximum Gasteiger partial charge on any atom is 0.0669 e. The number of ether oxygens (including phenoxy) is 1. The van der Waals surface area contributed by atoms with Crippen molar-refractivity contribution in [2.75, 3.05) is 13.7 Å². The molecule has 0 amide bonds. The Bertz CT molecular complexity index is 386. The van der Waals surface area contributed by atoms with Crippen LogP contribution in [0.5, 0.6) is 0 Å². The van der Waals surface area contributed by atoms with Crippen LogP contribution >= 0.6 is 23.4 Å². The van der Waals surface area contributed by atoms with Crippen molar-refractivity contribution in [3.8, 4) is 0 Å². The van der Waals surface area contributed by atoms with Crippen LogP contribution in [-0.2, 0) is 11.3 Å². The summed E-state index contributed by atoms with van der Waals surface area (Å²) in [6.07, 6.45) is 1.48. The molecule has 94 valence electrons. The van der Waals surface area contributed by atoms with Crippen molar-refractivity contribution in [1.82, 2.24) is 5.32 Å². The van der Waals surface area contributed by atoms with Crippen LogP contribution in [0.1, 0.15) is 18.9 Å². The van der Waals surface area contributed by atoms with E-state index in [0.29, 0.717) is 11.4 Å². The van der Waals surface area contributed by atoms with E-state index in [1.165, 1.54) is 10.5 Å². The summed E-state index contributed by atoms with van der Waals surface area (Å²) < 4.78 is 5.60. The maximum atomic E-state index is 6.04. The van der Waals surface area contributed by atoms with Crippen molar-refractivity contribution >= 4 is 23.4 Å². The number of rotatable bonds is 4. The molecule has 1 aromatic rings. The Morgan fingerprint density at radius 1 is 1.53 bits per heavy atom. The van der Waals surface area contributed by atoms with Crippen LogP contribution in [0, 0.1) is 0 Å². The summed E-state index contributed by atoms with van der Waals surface area (Å²) >= 11 is 7.95. The summed E-state index contributed by atoms with van der Waals surface area (Å²) in [5, 5.41) is 4.55. The van der Waals surface area contributed by atoms with Crippen molar-refractivity contribution in [3.63, 3.8) is 0 Å². The van der Waals surface area contributed by atoms with Crippen molar-refractivity contribution in [3.05, 3.63) is 28.8 Å². The Hall–Kier alpha value is -0.220. The topological polar surface area (TPSA) is 21.3 Å². The fourth-order valence-corrected chi connectivity index (χ4v) is 3.46. The first kappa shape index (κ1) is 13.2. The molecule has 1 heterocycles. The van der Waals surface area contributed by atoms with Gasteiger partial charge in [0, 0.05) is 28.3 Å². The van der Waals surface area contributed by atoms with Gasteiger partial charge in [0.05, 0.1) is 6.10 Å². The minimum Gasteiger partial charge on any atom is -0.377 e. The van der Waals surface area contributed by atoms with Gasteiger partial charge in [-0.05, 0) is 44.2 Å². The Labute approximate surface area is 112 Å².